The summed E-state index contributed by atoms with van der Waals surface area (Å²) in [6.45, 7) is 3.31. The fourth-order valence-corrected chi connectivity index (χ4v) is 4.51. The van der Waals surface area contributed by atoms with Crippen molar-refractivity contribution in [2.24, 2.45) is 0 Å². The van der Waals surface area contributed by atoms with Gasteiger partial charge in [-0.1, -0.05) is 6.07 Å². The first-order chi connectivity index (χ1) is 13.1. The van der Waals surface area contributed by atoms with Crippen LogP contribution in [0, 0.1) is 10.1 Å². The second-order valence-corrected chi connectivity index (χ2v) is 7.96. The lowest BCUT2D eigenvalue weighted by Crippen LogP contribution is -2.48. The number of rotatable bonds is 5. The summed E-state index contributed by atoms with van der Waals surface area (Å²) in [6, 6.07) is 6.64. The van der Waals surface area contributed by atoms with Gasteiger partial charge in [0.2, 0.25) is 0 Å². The van der Waals surface area contributed by atoms with Crippen molar-refractivity contribution in [2.75, 3.05) is 26.2 Å². The number of thiazole rings is 1. The molecule has 27 heavy (non-hydrogen) atoms. The van der Waals surface area contributed by atoms with Gasteiger partial charge < -0.3 is 9.32 Å². The Labute approximate surface area is 162 Å². The topological polar surface area (TPSA) is 92.7 Å². The summed E-state index contributed by atoms with van der Waals surface area (Å²) in [5.74, 6) is -0.713. The molecule has 4 heterocycles. The Balaban J connectivity index is 1.32. The smallest absolute Gasteiger partial charge is 0.395 e. The number of piperazine rings is 1. The van der Waals surface area contributed by atoms with Crippen molar-refractivity contribution >= 4 is 34.5 Å². The first-order valence-electron chi connectivity index (χ1n) is 8.34. The third kappa shape index (κ3) is 3.92. The predicted octanol–water partition coefficient (Wildman–Crippen LogP) is 3.33. The van der Waals surface area contributed by atoms with Gasteiger partial charge in [0.05, 0.1) is 23.2 Å². The first-order valence-corrected chi connectivity index (χ1v) is 10.1. The number of nitrogens with zero attached hydrogens (tertiary/aromatic N) is 4. The molecule has 1 fully saturated rings. The van der Waals surface area contributed by atoms with E-state index in [9.17, 15) is 14.9 Å². The molecule has 0 saturated carbocycles. The lowest BCUT2D eigenvalue weighted by molar-refractivity contribution is -0.402. The Morgan fingerprint density at radius 3 is 2.70 bits per heavy atom. The first kappa shape index (κ1) is 17.8. The molecular weight excluding hydrogens is 388 g/mol. The van der Waals surface area contributed by atoms with Crippen molar-refractivity contribution in [2.45, 2.75) is 6.54 Å². The number of aromatic nitrogens is 1. The van der Waals surface area contributed by atoms with E-state index in [1.165, 1.54) is 17.0 Å². The number of nitro groups is 1. The maximum absolute atomic E-state index is 12.4. The molecule has 0 atom stereocenters. The zero-order valence-electron chi connectivity index (χ0n) is 14.2. The molecule has 1 amide bonds. The van der Waals surface area contributed by atoms with Crippen LogP contribution in [0.5, 0.6) is 0 Å². The zero-order valence-corrected chi connectivity index (χ0v) is 15.9. The molecule has 10 heteroatoms. The molecule has 4 rings (SSSR count). The quantitative estimate of drug-likeness (QED) is 0.478. The molecule has 8 nitrogen and oxygen atoms in total. The van der Waals surface area contributed by atoms with Gasteiger partial charge in [0.25, 0.3) is 5.91 Å². The number of hydrogen-bond acceptors (Lipinski definition) is 8. The maximum Gasteiger partial charge on any atom is 0.433 e. The highest BCUT2D eigenvalue weighted by atomic mass is 32.1. The van der Waals surface area contributed by atoms with Crippen LogP contribution in [0.15, 0.2) is 39.4 Å². The summed E-state index contributed by atoms with van der Waals surface area (Å²) in [5, 5.41) is 15.9. The van der Waals surface area contributed by atoms with Crippen molar-refractivity contribution < 1.29 is 14.1 Å². The second-order valence-electron chi connectivity index (χ2n) is 6.07. The van der Waals surface area contributed by atoms with Gasteiger partial charge in [-0.25, -0.2) is 4.98 Å². The molecule has 3 aromatic rings. The number of carbonyl (C=O) groups is 1. The molecule has 1 aliphatic heterocycles. The van der Waals surface area contributed by atoms with Crippen LogP contribution in [0.25, 0.3) is 10.6 Å². The van der Waals surface area contributed by atoms with Gasteiger partial charge in [-0.15, -0.1) is 22.7 Å². The third-order valence-electron chi connectivity index (χ3n) is 4.33. The van der Waals surface area contributed by atoms with Crippen LogP contribution in [-0.4, -0.2) is 51.8 Å². The van der Waals surface area contributed by atoms with Crippen LogP contribution in [0.3, 0.4) is 0 Å². The Morgan fingerprint density at radius 2 is 2.04 bits per heavy atom. The van der Waals surface area contributed by atoms with Crippen LogP contribution < -0.4 is 0 Å². The molecule has 0 unspecified atom stereocenters. The molecule has 1 saturated heterocycles. The molecule has 3 aromatic heterocycles. The molecule has 0 N–H and O–H groups in total. The molecule has 1 aliphatic rings. The number of amides is 1. The van der Waals surface area contributed by atoms with Crippen LogP contribution in [-0.2, 0) is 6.54 Å². The Kier molecular flexibility index (Phi) is 5.01. The van der Waals surface area contributed by atoms with Gasteiger partial charge in [0, 0.05) is 31.6 Å². The van der Waals surface area contributed by atoms with Crippen LogP contribution in [0.2, 0.25) is 0 Å². The minimum Gasteiger partial charge on any atom is -0.395 e. The molecular formula is C17H16N4O4S2. The lowest BCUT2D eigenvalue weighted by Gasteiger charge is -2.33. The SMILES string of the molecule is O=C(c1ccc([N+](=O)[O-])o1)N1CCN(Cc2nc(-c3cccs3)cs2)CC1. The molecule has 140 valence electrons. The van der Waals surface area contributed by atoms with E-state index in [1.807, 2.05) is 11.4 Å². The molecule has 0 radical (unpaired) electrons. The van der Waals surface area contributed by atoms with E-state index in [1.54, 1.807) is 27.6 Å². The highest BCUT2D eigenvalue weighted by Gasteiger charge is 2.26. The van der Waals surface area contributed by atoms with Crippen molar-refractivity contribution in [3.05, 3.63) is 55.9 Å². The van der Waals surface area contributed by atoms with E-state index in [4.69, 9.17) is 9.40 Å². The lowest BCUT2D eigenvalue weighted by atomic mass is 10.3. The van der Waals surface area contributed by atoms with Gasteiger partial charge in [-0.2, -0.15) is 0 Å². The van der Waals surface area contributed by atoms with E-state index in [-0.39, 0.29) is 11.7 Å². The number of thiophene rings is 1. The average molecular weight is 404 g/mol. The highest BCUT2D eigenvalue weighted by molar-refractivity contribution is 7.14. The summed E-state index contributed by atoms with van der Waals surface area (Å²) in [6.07, 6.45) is 0. The van der Waals surface area contributed by atoms with E-state index in [0.29, 0.717) is 13.1 Å². The molecule has 0 bridgehead atoms. The van der Waals surface area contributed by atoms with Crippen LogP contribution in [0.1, 0.15) is 15.6 Å². The molecule has 0 spiro atoms. The van der Waals surface area contributed by atoms with Gasteiger partial charge in [0.15, 0.2) is 5.76 Å². The van der Waals surface area contributed by atoms with Crippen molar-refractivity contribution in [3.63, 3.8) is 0 Å². The van der Waals surface area contributed by atoms with E-state index in [2.05, 4.69) is 16.3 Å². The average Bonchev–Trinajstić information content (AvgIpc) is 3.42. The summed E-state index contributed by atoms with van der Waals surface area (Å²) in [4.78, 5) is 32.2. The van der Waals surface area contributed by atoms with E-state index in [0.717, 1.165) is 30.3 Å². The Morgan fingerprint density at radius 1 is 1.22 bits per heavy atom. The highest BCUT2D eigenvalue weighted by Crippen LogP contribution is 2.27. The monoisotopic (exact) mass is 404 g/mol. The van der Waals surface area contributed by atoms with Crippen LogP contribution in [0.4, 0.5) is 5.88 Å². The number of hydrogen-bond donors (Lipinski definition) is 0. The summed E-state index contributed by atoms with van der Waals surface area (Å²) >= 11 is 3.32. The number of carbonyl (C=O) groups excluding carboxylic acids is 1. The van der Waals surface area contributed by atoms with Gasteiger partial charge in [0.1, 0.15) is 9.93 Å². The van der Waals surface area contributed by atoms with Gasteiger partial charge in [-0.3, -0.25) is 19.8 Å². The second kappa shape index (κ2) is 7.59. The molecule has 0 aliphatic carbocycles. The Hall–Kier alpha value is -2.56. The maximum atomic E-state index is 12.4. The fraction of sp³-hybridized carbons (Fsp3) is 0.294. The van der Waals surface area contributed by atoms with Crippen LogP contribution >= 0.6 is 22.7 Å². The third-order valence-corrected chi connectivity index (χ3v) is 6.05. The normalized spacial score (nSPS) is 15.2. The van der Waals surface area contributed by atoms with Crippen molar-refractivity contribution in [1.29, 1.82) is 0 Å². The summed E-state index contributed by atoms with van der Waals surface area (Å²) in [7, 11) is 0. The predicted molar refractivity (Wildman–Crippen MR) is 102 cm³/mol. The van der Waals surface area contributed by atoms with Crippen molar-refractivity contribution in [1.82, 2.24) is 14.8 Å². The molecule has 0 aromatic carbocycles. The largest absolute Gasteiger partial charge is 0.433 e. The number of furan rings is 1. The van der Waals surface area contributed by atoms with E-state index < -0.39 is 10.8 Å². The fourth-order valence-electron chi connectivity index (χ4n) is 2.92. The minimum absolute atomic E-state index is 0.00987. The van der Waals surface area contributed by atoms with Gasteiger partial charge in [-0.05, 0) is 17.5 Å². The minimum atomic E-state index is -0.646. The Bertz CT molecular complexity index is 942. The standard InChI is InChI=1S/C17H16N4O4S2/c22-17(13-3-4-16(25-13)21(23)24)20-7-5-19(6-8-20)10-15-18-12(11-27-15)14-2-1-9-26-14/h1-4,9,11H,5-8,10H2. The summed E-state index contributed by atoms with van der Waals surface area (Å²) in [5.41, 5.74) is 1.01. The van der Waals surface area contributed by atoms with Crippen molar-refractivity contribution in [3.8, 4) is 10.6 Å². The van der Waals surface area contributed by atoms with E-state index >= 15 is 0 Å². The van der Waals surface area contributed by atoms with Gasteiger partial charge >= 0.3 is 5.88 Å². The zero-order chi connectivity index (χ0) is 18.8. The summed E-state index contributed by atoms with van der Waals surface area (Å²) < 4.78 is 5.01.